The van der Waals surface area contributed by atoms with Crippen LogP contribution in [0.15, 0.2) is 18.2 Å². The number of halogens is 6. The Morgan fingerprint density at radius 3 is 2.30 bits per heavy atom. The molecule has 2 nitrogen and oxygen atoms in total. The van der Waals surface area contributed by atoms with E-state index >= 15 is 0 Å². The zero-order valence-corrected chi connectivity index (χ0v) is 14.5. The van der Waals surface area contributed by atoms with Crippen LogP contribution >= 0.6 is 24.8 Å². The average molecular weight is 377 g/mol. The first-order valence-corrected chi connectivity index (χ1v) is 7.25. The zero-order valence-electron chi connectivity index (χ0n) is 12.8. The van der Waals surface area contributed by atoms with Crippen molar-refractivity contribution >= 4 is 24.8 Å². The van der Waals surface area contributed by atoms with Crippen molar-refractivity contribution in [3.05, 3.63) is 35.1 Å². The van der Waals surface area contributed by atoms with Crippen LogP contribution in [0.25, 0.3) is 0 Å². The molecule has 0 saturated carbocycles. The Kier molecular flexibility index (Phi) is 9.43. The largest absolute Gasteiger partial charge is 0.416 e. The van der Waals surface area contributed by atoms with Gasteiger partial charge in [-0.2, -0.15) is 13.2 Å². The Labute approximate surface area is 146 Å². The van der Waals surface area contributed by atoms with Gasteiger partial charge < -0.3 is 5.32 Å². The maximum Gasteiger partial charge on any atom is 0.416 e. The van der Waals surface area contributed by atoms with Crippen LogP contribution in [0.3, 0.4) is 0 Å². The summed E-state index contributed by atoms with van der Waals surface area (Å²) in [7, 11) is 0. The topological polar surface area (TPSA) is 15.3 Å². The second-order valence-corrected chi connectivity index (χ2v) is 5.32. The van der Waals surface area contributed by atoms with Crippen LogP contribution in [0.2, 0.25) is 0 Å². The molecule has 0 aromatic heterocycles. The lowest BCUT2D eigenvalue weighted by molar-refractivity contribution is -0.137. The van der Waals surface area contributed by atoms with E-state index in [9.17, 15) is 17.6 Å². The Morgan fingerprint density at radius 2 is 1.78 bits per heavy atom. The van der Waals surface area contributed by atoms with Crippen LogP contribution in [0.1, 0.15) is 36.9 Å². The minimum atomic E-state index is -4.44. The van der Waals surface area contributed by atoms with Gasteiger partial charge in [-0.05, 0) is 24.6 Å². The molecule has 0 unspecified atom stereocenters. The summed E-state index contributed by atoms with van der Waals surface area (Å²) in [5.74, 6) is -0.556. The third kappa shape index (κ3) is 5.78. The van der Waals surface area contributed by atoms with Gasteiger partial charge in [0.05, 0.1) is 5.56 Å². The lowest BCUT2D eigenvalue weighted by atomic mass is 9.97. The standard InChI is InChI=1S/C15H20F4N2.2ClH/c1-2-3-14(21-8-6-20-7-9-21)12-10-11(15(17,18)19)4-5-13(12)16;;/h4-5,10,14,20H,2-3,6-9H2,1H3;2*1H/t14-;;/m1../s1. The minimum absolute atomic E-state index is 0. The van der Waals surface area contributed by atoms with Crippen molar-refractivity contribution in [2.45, 2.75) is 32.0 Å². The third-order valence-corrected chi connectivity index (χ3v) is 3.84. The molecular weight excluding hydrogens is 355 g/mol. The number of hydrogen-bond acceptors (Lipinski definition) is 2. The molecule has 1 aliphatic heterocycles. The second-order valence-electron chi connectivity index (χ2n) is 5.32. The Balaban J connectivity index is 0.00000242. The summed E-state index contributed by atoms with van der Waals surface area (Å²) in [5.41, 5.74) is -0.622. The van der Waals surface area contributed by atoms with Crippen LogP contribution in [0, 0.1) is 5.82 Å². The third-order valence-electron chi connectivity index (χ3n) is 3.84. The molecule has 0 aliphatic carbocycles. The second kappa shape index (κ2) is 9.67. The smallest absolute Gasteiger partial charge is 0.314 e. The minimum Gasteiger partial charge on any atom is -0.314 e. The van der Waals surface area contributed by atoms with Gasteiger partial charge in [0.25, 0.3) is 0 Å². The highest BCUT2D eigenvalue weighted by Gasteiger charge is 2.33. The monoisotopic (exact) mass is 376 g/mol. The predicted molar refractivity (Wildman–Crippen MR) is 88.0 cm³/mol. The van der Waals surface area contributed by atoms with Gasteiger partial charge in [0.15, 0.2) is 0 Å². The molecule has 1 heterocycles. The van der Waals surface area contributed by atoms with Gasteiger partial charge in [-0.1, -0.05) is 13.3 Å². The highest BCUT2D eigenvalue weighted by atomic mass is 35.5. The van der Waals surface area contributed by atoms with Crippen LogP contribution in [0.4, 0.5) is 17.6 Å². The Hall–Kier alpha value is -0.560. The molecular formula is C15H22Cl2F4N2. The summed E-state index contributed by atoms with van der Waals surface area (Å²) in [5, 5.41) is 3.20. The van der Waals surface area contributed by atoms with E-state index in [4.69, 9.17) is 0 Å². The maximum absolute atomic E-state index is 14.1. The number of benzene rings is 1. The average Bonchev–Trinajstić information content (AvgIpc) is 2.45. The summed E-state index contributed by atoms with van der Waals surface area (Å²) < 4.78 is 52.6. The molecule has 0 amide bonds. The fourth-order valence-electron chi connectivity index (χ4n) is 2.78. The first-order chi connectivity index (χ1) is 9.93. The number of rotatable bonds is 4. The van der Waals surface area contributed by atoms with Crippen molar-refractivity contribution < 1.29 is 17.6 Å². The van der Waals surface area contributed by atoms with E-state index in [0.717, 1.165) is 50.8 Å². The van der Waals surface area contributed by atoms with E-state index in [-0.39, 0.29) is 36.4 Å². The van der Waals surface area contributed by atoms with E-state index in [1.807, 2.05) is 6.92 Å². The highest BCUT2D eigenvalue weighted by Crippen LogP contribution is 2.34. The summed E-state index contributed by atoms with van der Waals surface area (Å²) in [4.78, 5) is 2.07. The summed E-state index contributed by atoms with van der Waals surface area (Å²) >= 11 is 0. The number of piperazine rings is 1. The van der Waals surface area contributed by atoms with Crippen LogP contribution in [-0.4, -0.2) is 31.1 Å². The summed E-state index contributed by atoms with van der Waals surface area (Å²) in [6, 6.07) is 2.42. The molecule has 0 spiro atoms. The molecule has 134 valence electrons. The SMILES string of the molecule is CCC[C@H](c1cc(C(F)(F)F)ccc1F)N1CCNCC1.Cl.Cl. The van der Waals surface area contributed by atoms with Crippen LogP contribution in [-0.2, 0) is 6.18 Å². The van der Waals surface area contributed by atoms with Crippen LogP contribution in [0.5, 0.6) is 0 Å². The van der Waals surface area contributed by atoms with Gasteiger partial charge in [-0.15, -0.1) is 24.8 Å². The van der Waals surface area contributed by atoms with Gasteiger partial charge >= 0.3 is 6.18 Å². The summed E-state index contributed by atoms with van der Waals surface area (Å²) in [6.07, 6.45) is -2.99. The van der Waals surface area contributed by atoms with Gasteiger partial charge in [-0.25, -0.2) is 4.39 Å². The van der Waals surface area contributed by atoms with Crippen molar-refractivity contribution in [2.24, 2.45) is 0 Å². The van der Waals surface area contributed by atoms with Crippen molar-refractivity contribution in [1.29, 1.82) is 0 Å². The first-order valence-electron chi connectivity index (χ1n) is 7.25. The molecule has 1 saturated heterocycles. The molecule has 23 heavy (non-hydrogen) atoms. The molecule has 1 atom stereocenters. The fourth-order valence-corrected chi connectivity index (χ4v) is 2.78. The van der Waals surface area contributed by atoms with Crippen LogP contribution < -0.4 is 5.32 Å². The molecule has 1 aromatic carbocycles. The van der Waals surface area contributed by atoms with Crippen molar-refractivity contribution in [2.75, 3.05) is 26.2 Å². The van der Waals surface area contributed by atoms with Gasteiger partial charge in [-0.3, -0.25) is 4.90 Å². The zero-order chi connectivity index (χ0) is 15.5. The lowest BCUT2D eigenvalue weighted by Gasteiger charge is -2.35. The lowest BCUT2D eigenvalue weighted by Crippen LogP contribution is -2.45. The van der Waals surface area contributed by atoms with E-state index in [1.54, 1.807) is 0 Å². The molecule has 1 aromatic rings. The molecule has 2 rings (SSSR count). The normalized spacial score (nSPS) is 17.1. The van der Waals surface area contributed by atoms with Gasteiger partial charge in [0, 0.05) is 37.8 Å². The van der Waals surface area contributed by atoms with Gasteiger partial charge in [0.2, 0.25) is 0 Å². The Morgan fingerprint density at radius 1 is 1.17 bits per heavy atom. The number of alkyl halides is 3. The number of nitrogens with zero attached hydrogens (tertiary/aromatic N) is 1. The Bertz CT molecular complexity index is 477. The maximum atomic E-state index is 14.1. The summed E-state index contributed by atoms with van der Waals surface area (Å²) in [6.45, 7) is 4.96. The quantitative estimate of drug-likeness (QED) is 0.781. The molecule has 1 fully saturated rings. The molecule has 1 aliphatic rings. The highest BCUT2D eigenvalue weighted by molar-refractivity contribution is 5.85. The van der Waals surface area contributed by atoms with Crippen molar-refractivity contribution in [1.82, 2.24) is 10.2 Å². The van der Waals surface area contributed by atoms with E-state index in [2.05, 4.69) is 10.2 Å². The molecule has 8 heteroatoms. The van der Waals surface area contributed by atoms with E-state index < -0.39 is 17.6 Å². The number of nitrogens with one attached hydrogen (secondary N) is 1. The fraction of sp³-hybridized carbons (Fsp3) is 0.600. The number of hydrogen-bond donors (Lipinski definition) is 1. The van der Waals surface area contributed by atoms with Gasteiger partial charge in [0.1, 0.15) is 5.82 Å². The van der Waals surface area contributed by atoms with Crippen molar-refractivity contribution in [3.63, 3.8) is 0 Å². The van der Waals surface area contributed by atoms with E-state index in [0.29, 0.717) is 6.42 Å². The molecule has 0 radical (unpaired) electrons. The molecule has 0 bridgehead atoms. The van der Waals surface area contributed by atoms with Crippen molar-refractivity contribution in [3.8, 4) is 0 Å². The van der Waals surface area contributed by atoms with E-state index in [1.165, 1.54) is 0 Å². The predicted octanol–water partition coefficient (Wildman–Crippen LogP) is 4.43. The first kappa shape index (κ1) is 22.4. The molecule has 1 N–H and O–H groups in total.